The number of hydrogen-bond acceptors (Lipinski definition) is 5. The lowest BCUT2D eigenvalue weighted by molar-refractivity contribution is -0.384. The number of nitro benzene ring substituents is 1. The molecule has 0 unspecified atom stereocenters. The van der Waals surface area contributed by atoms with Gasteiger partial charge in [-0.25, -0.2) is 0 Å². The molecule has 2 rings (SSSR count). The van der Waals surface area contributed by atoms with Crippen LogP contribution in [0.15, 0.2) is 18.2 Å². The molecule has 0 spiro atoms. The fraction of sp³-hybridized carbons (Fsp3) is 0.500. The Morgan fingerprint density at radius 3 is 2.73 bits per heavy atom. The van der Waals surface area contributed by atoms with E-state index in [2.05, 4.69) is 5.32 Å². The SMILES string of the molecule is CCN(CC(=O)O)C1CC(Nc2ccc([N+](=O)[O-])cc2Cl)C1. The quantitative estimate of drug-likeness (QED) is 0.590. The number of aliphatic carboxylic acids is 1. The molecule has 0 saturated heterocycles. The van der Waals surface area contributed by atoms with Crippen LogP contribution >= 0.6 is 11.6 Å². The maximum Gasteiger partial charge on any atom is 0.317 e. The Balaban J connectivity index is 1.90. The molecule has 1 aromatic carbocycles. The molecule has 0 aromatic heterocycles. The molecule has 1 saturated carbocycles. The van der Waals surface area contributed by atoms with Crippen molar-refractivity contribution in [2.75, 3.05) is 18.4 Å². The fourth-order valence-electron chi connectivity index (χ4n) is 2.63. The molecule has 1 fully saturated rings. The van der Waals surface area contributed by atoms with Gasteiger partial charge < -0.3 is 10.4 Å². The number of likely N-dealkylation sites (N-methyl/N-ethyl adjacent to an activating group) is 1. The molecule has 8 heteroatoms. The van der Waals surface area contributed by atoms with Crippen LogP contribution in [0.2, 0.25) is 5.02 Å². The second-order valence-electron chi connectivity index (χ2n) is 5.34. The summed E-state index contributed by atoms with van der Waals surface area (Å²) in [6.45, 7) is 2.69. The predicted molar refractivity (Wildman–Crippen MR) is 83.4 cm³/mol. The summed E-state index contributed by atoms with van der Waals surface area (Å²) in [7, 11) is 0. The van der Waals surface area contributed by atoms with Gasteiger partial charge in [0.15, 0.2) is 0 Å². The van der Waals surface area contributed by atoms with E-state index in [1.54, 1.807) is 6.07 Å². The molecule has 1 aliphatic carbocycles. The highest BCUT2D eigenvalue weighted by Gasteiger charge is 2.34. The first kappa shape index (κ1) is 16.5. The van der Waals surface area contributed by atoms with E-state index < -0.39 is 10.9 Å². The summed E-state index contributed by atoms with van der Waals surface area (Å²) < 4.78 is 0. The number of carboxylic acid groups (broad SMARTS) is 1. The number of benzene rings is 1. The van der Waals surface area contributed by atoms with Crippen molar-refractivity contribution in [1.82, 2.24) is 4.90 Å². The molecule has 1 aliphatic rings. The molecule has 0 atom stereocenters. The number of carbonyl (C=O) groups is 1. The number of nitrogens with zero attached hydrogens (tertiary/aromatic N) is 2. The van der Waals surface area contributed by atoms with E-state index in [0.29, 0.717) is 17.3 Å². The van der Waals surface area contributed by atoms with E-state index in [1.165, 1.54) is 12.1 Å². The number of hydrogen-bond donors (Lipinski definition) is 2. The molecular weight excluding hydrogens is 310 g/mol. The van der Waals surface area contributed by atoms with Crippen LogP contribution in [-0.4, -0.2) is 46.1 Å². The molecule has 1 aromatic rings. The van der Waals surface area contributed by atoms with Crippen LogP contribution in [0, 0.1) is 10.1 Å². The van der Waals surface area contributed by atoms with Crippen LogP contribution in [0.25, 0.3) is 0 Å². The molecular formula is C14H18ClN3O4. The van der Waals surface area contributed by atoms with Gasteiger partial charge in [-0.3, -0.25) is 19.8 Å². The maximum atomic E-state index is 10.8. The maximum absolute atomic E-state index is 10.8. The lowest BCUT2D eigenvalue weighted by Gasteiger charge is -2.42. The highest BCUT2D eigenvalue weighted by Crippen LogP contribution is 2.32. The van der Waals surface area contributed by atoms with E-state index in [4.69, 9.17) is 16.7 Å². The molecule has 0 radical (unpaired) electrons. The topological polar surface area (TPSA) is 95.7 Å². The number of rotatable bonds is 7. The molecule has 7 nitrogen and oxygen atoms in total. The fourth-order valence-corrected chi connectivity index (χ4v) is 2.86. The van der Waals surface area contributed by atoms with Crippen molar-refractivity contribution in [2.24, 2.45) is 0 Å². The third kappa shape index (κ3) is 3.86. The van der Waals surface area contributed by atoms with Gasteiger partial charge in [-0.1, -0.05) is 18.5 Å². The lowest BCUT2D eigenvalue weighted by atomic mass is 9.85. The average Bonchev–Trinajstić information content (AvgIpc) is 2.41. The minimum absolute atomic E-state index is 0.0411. The van der Waals surface area contributed by atoms with Gasteiger partial charge in [0, 0.05) is 24.2 Å². The predicted octanol–water partition coefficient (Wildman–Crippen LogP) is 2.60. The highest BCUT2D eigenvalue weighted by molar-refractivity contribution is 6.33. The second-order valence-corrected chi connectivity index (χ2v) is 5.75. The Kier molecular flexibility index (Phi) is 5.20. The van der Waals surface area contributed by atoms with Gasteiger partial charge in [-0.15, -0.1) is 0 Å². The van der Waals surface area contributed by atoms with E-state index in [1.807, 2.05) is 11.8 Å². The third-order valence-electron chi connectivity index (χ3n) is 3.90. The normalized spacial score (nSPS) is 20.5. The van der Waals surface area contributed by atoms with E-state index >= 15 is 0 Å². The number of non-ortho nitro benzene ring substituents is 1. The third-order valence-corrected chi connectivity index (χ3v) is 4.21. The molecule has 0 bridgehead atoms. The Hall–Kier alpha value is -1.86. The number of anilines is 1. The van der Waals surface area contributed by atoms with Crippen molar-refractivity contribution in [2.45, 2.75) is 31.8 Å². The van der Waals surface area contributed by atoms with E-state index in [9.17, 15) is 14.9 Å². The van der Waals surface area contributed by atoms with Crippen LogP contribution in [0.1, 0.15) is 19.8 Å². The number of carboxylic acids is 1. The van der Waals surface area contributed by atoms with Crippen LogP contribution in [0.3, 0.4) is 0 Å². The van der Waals surface area contributed by atoms with Crippen molar-refractivity contribution in [3.63, 3.8) is 0 Å². The first-order valence-corrected chi connectivity index (χ1v) is 7.44. The minimum atomic E-state index is -0.823. The lowest BCUT2D eigenvalue weighted by Crippen LogP contribution is -2.51. The van der Waals surface area contributed by atoms with Gasteiger partial charge in [-0.2, -0.15) is 0 Å². The zero-order chi connectivity index (χ0) is 16.3. The van der Waals surface area contributed by atoms with Crippen molar-refractivity contribution < 1.29 is 14.8 Å². The summed E-state index contributed by atoms with van der Waals surface area (Å²) in [5, 5.41) is 23.1. The summed E-state index contributed by atoms with van der Waals surface area (Å²) in [6.07, 6.45) is 1.66. The van der Waals surface area contributed by atoms with Crippen LogP contribution in [-0.2, 0) is 4.79 Å². The van der Waals surface area contributed by atoms with Gasteiger partial charge in [0.1, 0.15) is 0 Å². The van der Waals surface area contributed by atoms with E-state index in [-0.39, 0.29) is 24.3 Å². The Morgan fingerprint density at radius 1 is 1.55 bits per heavy atom. The molecule has 0 amide bonds. The summed E-state index contributed by atoms with van der Waals surface area (Å²) in [5.41, 5.74) is 0.623. The van der Waals surface area contributed by atoms with Gasteiger partial charge in [0.2, 0.25) is 0 Å². The molecule has 0 heterocycles. The Bertz CT molecular complexity index is 575. The van der Waals surface area contributed by atoms with Crippen molar-refractivity contribution in [1.29, 1.82) is 0 Å². The first-order valence-electron chi connectivity index (χ1n) is 7.07. The summed E-state index contributed by atoms with van der Waals surface area (Å²) in [5.74, 6) is -0.823. The zero-order valence-corrected chi connectivity index (χ0v) is 12.9. The number of halogens is 1. The first-order chi connectivity index (χ1) is 10.4. The van der Waals surface area contributed by atoms with Gasteiger partial charge in [0.05, 0.1) is 22.2 Å². The monoisotopic (exact) mass is 327 g/mol. The molecule has 120 valence electrons. The molecule has 0 aliphatic heterocycles. The standard InChI is InChI=1S/C14H18ClN3O4/c1-2-17(8-14(19)20)11-5-9(6-11)16-13-4-3-10(18(21)22)7-12(13)15/h3-4,7,9,11,16H,2,5-6,8H2,1H3,(H,19,20). The van der Waals surface area contributed by atoms with Crippen molar-refractivity contribution in [3.8, 4) is 0 Å². The van der Waals surface area contributed by atoms with Gasteiger partial charge >= 0.3 is 5.97 Å². The van der Waals surface area contributed by atoms with Crippen molar-refractivity contribution in [3.05, 3.63) is 33.3 Å². The highest BCUT2D eigenvalue weighted by atomic mass is 35.5. The van der Waals surface area contributed by atoms with Gasteiger partial charge in [0.25, 0.3) is 5.69 Å². The second kappa shape index (κ2) is 6.93. The minimum Gasteiger partial charge on any atom is -0.480 e. The summed E-state index contributed by atoms with van der Waals surface area (Å²) >= 11 is 6.04. The van der Waals surface area contributed by atoms with Crippen LogP contribution in [0.5, 0.6) is 0 Å². The Labute approximate surface area is 133 Å². The van der Waals surface area contributed by atoms with Crippen LogP contribution < -0.4 is 5.32 Å². The number of nitrogens with one attached hydrogen (secondary N) is 1. The van der Waals surface area contributed by atoms with Crippen molar-refractivity contribution >= 4 is 28.9 Å². The molecule has 2 N–H and O–H groups in total. The average molecular weight is 328 g/mol. The Morgan fingerprint density at radius 2 is 2.23 bits per heavy atom. The summed E-state index contributed by atoms with van der Waals surface area (Å²) in [4.78, 5) is 22.9. The van der Waals surface area contributed by atoms with Crippen LogP contribution in [0.4, 0.5) is 11.4 Å². The smallest absolute Gasteiger partial charge is 0.317 e. The largest absolute Gasteiger partial charge is 0.480 e. The summed E-state index contributed by atoms with van der Waals surface area (Å²) in [6, 6.07) is 4.78. The zero-order valence-electron chi connectivity index (χ0n) is 12.2. The number of nitro groups is 1. The molecule has 22 heavy (non-hydrogen) atoms. The van der Waals surface area contributed by atoms with E-state index in [0.717, 1.165) is 12.8 Å². The van der Waals surface area contributed by atoms with Gasteiger partial charge in [-0.05, 0) is 25.5 Å².